The van der Waals surface area contributed by atoms with Crippen LogP contribution in [-0.4, -0.2) is 38.5 Å². The van der Waals surface area contributed by atoms with Crippen LogP contribution in [0.5, 0.6) is 5.75 Å². The molecule has 56 heavy (non-hydrogen) atoms. The maximum Gasteiger partial charge on any atom is 0.242 e. The van der Waals surface area contributed by atoms with Crippen molar-refractivity contribution >= 4 is 94.9 Å². The Balaban J connectivity index is 1.11. The molecule has 4 aromatic carbocycles. The van der Waals surface area contributed by atoms with E-state index in [-0.39, 0.29) is 29.9 Å². The Labute approximate surface area is 339 Å². The maximum atomic E-state index is 15.3. The number of thiophene rings is 1. The molecule has 12 heteroatoms. The second kappa shape index (κ2) is 12.4. The van der Waals surface area contributed by atoms with Gasteiger partial charge in [-0.1, -0.05) is 75.6 Å². The van der Waals surface area contributed by atoms with E-state index in [0.29, 0.717) is 39.6 Å². The summed E-state index contributed by atoms with van der Waals surface area (Å²) in [5.41, 5.74) is 2.11. The molecule has 2 aliphatic heterocycles. The molecule has 2 aliphatic carbocycles. The van der Waals surface area contributed by atoms with E-state index in [0.717, 1.165) is 36.0 Å². The van der Waals surface area contributed by atoms with E-state index in [1.807, 2.05) is 74.5 Å². The van der Waals surface area contributed by atoms with Crippen molar-refractivity contribution in [2.24, 2.45) is 36.1 Å². The van der Waals surface area contributed by atoms with Crippen molar-refractivity contribution < 1.29 is 24.3 Å². The summed E-state index contributed by atoms with van der Waals surface area (Å²) in [6, 6.07) is 25.9. The van der Waals surface area contributed by atoms with E-state index < -0.39 is 40.9 Å². The Bertz CT molecular complexity index is 2780. The fourth-order valence-electron chi connectivity index (χ4n) is 10.1. The lowest BCUT2D eigenvalue weighted by Gasteiger charge is -2.49. The number of hydrogen-bond acceptors (Lipinski definition) is 7. The van der Waals surface area contributed by atoms with E-state index >= 15 is 9.59 Å². The number of benzene rings is 4. The molecule has 4 aliphatic rings. The van der Waals surface area contributed by atoms with Gasteiger partial charge in [-0.3, -0.25) is 28.8 Å². The van der Waals surface area contributed by atoms with Gasteiger partial charge in [0.25, 0.3) is 0 Å². The van der Waals surface area contributed by atoms with E-state index in [4.69, 9.17) is 16.7 Å². The van der Waals surface area contributed by atoms with Crippen molar-refractivity contribution in [2.45, 2.75) is 32.6 Å². The van der Waals surface area contributed by atoms with Crippen LogP contribution in [0.2, 0.25) is 5.02 Å². The molecule has 6 atom stereocenters. The second-order valence-corrected chi connectivity index (χ2v) is 18.0. The Morgan fingerprint density at radius 1 is 0.893 bits per heavy atom. The normalized spacial score (nSPS) is 25.9. The summed E-state index contributed by atoms with van der Waals surface area (Å²) in [7, 11) is 1.72. The number of amides is 4. The van der Waals surface area contributed by atoms with Gasteiger partial charge in [0.2, 0.25) is 23.6 Å². The summed E-state index contributed by atoms with van der Waals surface area (Å²) in [6.45, 7) is 3.84. The predicted octanol–water partition coefficient (Wildman–Crippen LogP) is 9.32. The number of fused-ring (bicyclic) bond motifs is 6. The molecule has 2 aromatic heterocycles. The van der Waals surface area contributed by atoms with Crippen LogP contribution in [0.3, 0.4) is 0 Å². The molecule has 2 saturated heterocycles. The smallest absolute Gasteiger partial charge is 0.242 e. The Morgan fingerprint density at radius 3 is 2.45 bits per heavy atom. The van der Waals surface area contributed by atoms with Gasteiger partial charge in [-0.05, 0) is 91.4 Å². The van der Waals surface area contributed by atoms with Gasteiger partial charge in [0.15, 0.2) is 0 Å². The molecule has 280 valence electrons. The molecule has 6 unspecified atom stereocenters. The highest BCUT2D eigenvalue weighted by Gasteiger charge is 2.68. The minimum absolute atomic E-state index is 0.0314. The summed E-state index contributed by atoms with van der Waals surface area (Å²) >= 11 is 11.3. The van der Waals surface area contributed by atoms with Crippen LogP contribution in [0.1, 0.15) is 36.8 Å². The average molecular weight is 846 g/mol. The van der Waals surface area contributed by atoms with Crippen LogP contribution in [0, 0.1) is 36.0 Å². The summed E-state index contributed by atoms with van der Waals surface area (Å²) in [4.78, 5) is 62.3. The van der Waals surface area contributed by atoms with E-state index in [9.17, 15) is 14.7 Å². The number of rotatable bonds is 4. The van der Waals surface area contributed by atoms with Crippen molar-refractivity contribution in [1.82, 2.24) is 9.78 Å². The number of anilines is 2. The first-order valence-corrected chi connectivity index (χ1v) is 20.5. The van der Waals surface area contributed by atoms with E-state index in [1.54, 1.807) is 53.4 Å². The molecule has 9 nitrogen and oxygen atoms in total. The maximum absolute atomic E-state index is 15.3. The molecule has 0 spiro atoms. The second-order valence-electron chi connectivity index (χ2n) is 15.6. The number of phenols is 1. The van der Waals surface area contributed by atoms with Gasteiger partial charge in [0, 0.05) is 44.2 Å². The van der Waals surface area contributed by atoms with E-state index in [1.165, 1.54) is 9.80 Å². The monoisotopic (exact) mass is 844 g/mol. The molecule has 0 bridgehead atoms. The molecule has 0 radical (unpaired) electrons. The number of halogens is 2. The molecule has 1 saturated carbocycles. The highest BCUT2D eigenvalue weighted by Crippen LogP contribution is 2.65. The topological polar surface area (TPSA) is 113 Å². The zero-order valence-corrected chi connectivity index (χ0v) is 33.7. The lowest BCUT2D eigenvalue weighted by Crippen LogP contribution is -2.49. The SMILES string of the molecule is Cc1c(-c2cc(N3C(=O)C4CC5C(=CCC6C(=O)N(c7ccc(Br)cc7)C(=O)C65)C(c5ccc6ccccc6c5O)C4(C)C3=O)n(C)n2)sc2ccc(Cl)cc12. The Hall–Kier alpha value is -5.10. The zero-order valence-electron chi connectivity index (χ0n) is 30.5. The number of hydrogen-bond donors (Lipinski definition) is 1. The van der Waals surface area contributed by atoms with Crippen LogP contribution in [0.4, 0.5) is 11.5 Å². The van der Waals surface area contributed by atoms with E-state index in [2.05, 4.69) is 15.9 Å². The first-order chi connectivity index (χ1) is 26.9. The number of allylic oxidation sites excluding steroid dienone is 2. The zero-order chi connectivity index (χ0) is 38.9. The van der Waals surface area contributed by atoms with Gasteiger partial charge in [-0.25, -0.2) is 4.90 Å². The third-order valence-corrected chi connectivity index (χ3v) is 14.9. The molecule has 1 N–H and O–H groups in total. The fraction of sp³-hybridized carbons (Fsp3) is 0.250. The van der Waals surface area contributed by atoms with Crippen molar-refractivity contribution in [3.8, 4) is 16.3 Å². The number of phenolic OH excluding ortho intramolecular Hbond substituents is 1. The standard InChI is InChI=1S/C44H34BrClN4O5S/c1-21-30-18-24(46)11-17-34(30)56-39(21)33-20-35(48(3)47-33)50-41(53)32-19-31-27(15-16-28-36(31)42(54)49(40(28)52)25-12-9-23(45)10-13-25)37(44(32,2)43(50)55)29-14-8-22-6-4-5-7-26(22)38(29)51/h4-15,17-18,20,28,31-32,36-37,51H,16,19H2,1-3H3. The van der Waals surface area contributed by atoms with Gasteiger partial charge in [0.05, 0.1) is 33.7 Å². The van der Waals surface area contributed by atoms with Crippen molar-refractivity contribution in [3.05, 3.63) is 117 Å². The first kappa shape index (κ1) is 35.3. The number of carbonyl (C=O) groups is 4. The number of aromatic nitrogens is 2. The average Bonchev–Trinajstić information content (AvgIpc) is 3.86. The molecule has 6 aromatic rings. The number of imide groups is 2. The molecular formula is C44H34BrClN4O5S. The fourth-order valence-corrected chi connectivity index (χ4v) is 11.7. The summed E-state index contributed by atoms with van der Waals surface area (Å²) in [5.74, 6) is -4.48. The first-order valence-electron chi connectivity index (χ1n) is 18.5. The van der Waals surface area contributed by atoms with Gasteiger partial charge in [-0.2, -0.15) is 5.10 Å². The highest BCUT2D eigenvalue weighted by molar-refractivity contribution is 9.10. The van der Waals surface area contributed by atoms with Crippen molar-refractivity contribution in [2.75, 3.05) is 9.80 Å². The molecular weight excluding hydrogens is 812 g/mol. The number of aromatic hydroxyl groups is 1. The summed E-state index contributed by atoms with van der Waals surface area (Å²) < 4.78 is 3.44. The lowest BCUT2D eigenvalue weighted by atomic mass is 9.51. The molecule has 4 heterocycles. The highest BCUT2D eigenvalue weighted by atomic mass is 79.9. The Kier molecular flexibility index (Phi) is 7.85. The van der Waals surface area contributed by atoms with Crippen LogP contribution in [0.15, 0.2) is 101 Å². The van der Waals surface area contributed by atoms with Gasteiger partial charge >= 0.3 is 0 Å². The quantitative estimate of drug-likeness (QED) is 0.140. The van der Waals surface area contributed by atoms with Gasteiger partial charge in [-0.15, -0.1) is 11.3 Å². The van der Waals surface area contributed by atoms with Crippen molar-refractivity contribution in [3.63, 3.8) is 0 Å². The number of carbonyl (C=O) groups excluding carboxylic acids is 4. The third kappa shape index (κ3) is 4.80. The Morgan fingerprint density at radius 2 is 1.66 bits per heavy atom. The molecule has 3 fully saturated rings. The van der Waals surface area contributed by atoms with Gasteiger partial charge in [0.1, 0.15) is 17.3 Å². The van der Waals surface area contributed by atoms with Crippen LogP contribution in [-0.2, 0) is 26.2 Å². The molecule has 4 amide bonds. The van der Waals surface area contributed by atoms with Crippen LogP contribution >= 0.6 is 38.9 Å². The largest absolute Gasteiger partial charge is 0.507 e. The summed E-state index contributed by atoms with van der Waals surface area (Å²) in [5, 5.41) is 20.0. The minimum Gasteiger partial charge on any atom is -0.507 e. The predicted molar refractivity (Wildman–Crippen MR) is 221 cm³/mol. The molecule has 10 rings (SSSR count). The lowest BCUT2D eigenvalue weighted by molar-refractivity contribution is -0.131. The third-order valence-electron chi connectivity index (χ3n) is 12.8. The van der Waals surface area contributed by atoms with Crippen LogP contribution in [0.25, 0.3) is 31.4 Å². The number of nitrogens with zero attached hydrogens (tertiary/aromatic N) is 4. The number of aryl methyl sites for hydroxylation is 2. The summed E-state index contributed by atoms with van der Waals surface area (Å²) in [6.07, 6.45) is 2.50. The van der Waals surface area contributed by atoms with Crippen molar-refractivity contribution in [1.29, 1.82) is 0 Å². The van der Waals surface area contributed by atoms with Crippen LogP contribution < -0.4 is 9.80 Å². The minimum atomic E-state index is -1.34. The van der Waals surface area contributed by atoms with Gasteiger partial charge < -0.3 is 5.11 Å².